The standard InChI is InChI=1S/C10H11NO3/c1-7(6-12)11-9-4-2-8(3-5-9)10(13)14/h2-7,11H,1H3,(H,13,14)/t7-/m0/s1. The third-order valence-corrected chi connectivity index (χ3v) is 1.73. The first-order valence-electron chi connectivity index (χ1n) is 4.18. The van der Waals surface area contributed by atoms with Crippen molar-refractivity contribution < 1.29 is 14.7 Å². The first-order valence-corrected chi connectivity index (χ1v) is 4.18. The second-order valence-corrected chi connectivity index (χ2v) is 2.95. The normalized spacial score (nSPS) is 11.8. The highest BCUT2D eigenvalue weighted by atomic mass is 16.4. The van der Waals surface area contributed by atoms with E-state index in [1.165, 1.54) is 12.1 Å². The van der Waals surface area contributed by atoms with Crippen LogP contribution in [0.5, 0.6) is 0 Å². The van der Waals surface area contributed by atoms with Gasteiger partial charge in [-0.3, -0.25) is 0 Å². The Kier molecular flexibility index (Phi) is 3.23. The molecule has 1 aromatic carbocycles. The molecule has 14 heavy (non-hydrogen) atoms. The summed E-state index contributed by atoms with van der Waals surface area (Å²) in [6, 6.07) is 5.96. The third-order valence-electron chi connectivity index (χ3n) is 1.73. The van der Waals surface area contributed by atoms with Gasteiger partial charge in [-0.25, -0.2) is 4.79 Å². The maximum atomic E-state index is 10.5. The summed E-state index contributed by atoms with van der Waals surface area (Å²) in [5.41, 5.74) is 0.962. The van der Waals surface area contributed by atoms with Crippen LogP contribution in [-0.2, 0) is 4.79 Å². The summed E-state index contributed by atoms with van der Waals surface area (Å²) in [6.07, 6.45) is 0.783. The fraction of sp³-hybridized carbons (Fsp3) is 0.200. The highest BCUT2D eigenvalue weighted by Gasteiger charge is 2.02. The SMILES string of the molecule is C[C@@H](C=O)Nc1ccc(C(=O)O)cc1. The molecule has 0 fully saturated rings. The van der Waals surface area contributed by atoms with Crippen molar-refractivity contribution >= 4 is 17.9 Å². The third kappa shape index (κ3) is 2.58. The first-order chi connectivity index (χ1) is 6.63. The van der Waals surface area contributed by atoms with Crippen LogP contribution in [0.15, 0.2) is 24.3 Å². The van der Waals surface area contributed by atoms with Gasteiger partial charge >= 0.3 is 5.97 Å². The molecule has 1 aromatic rings. The van der Waals surface area contributed by atoms with Crippen LogP contribution in [0.1, 0.15) is 17.3 Å². The van der Waals surface area contributed by atoms with Crippen molar-refractivity contribution in [2.24, 2.45) is 0 Å². The molecular weight excluding hydrogens is 182 g/mol. The minimum atomic E-state index is -0.958. The predicted molar refractivity (Wildman–Crippen MR) is 52.6 cm³/mol. The molecule has 0 unspecified atom stereocenters. The molecule has 0 bridgehead atoms. The minimum Gasteiger partial charge on any atom is -0.478 e. The van der Waals surface area contributed by atoms with Crippen molar-refractivity contribution in [3.05, 3.63) is 29.8 Å². The highest BCUT2D eigenvalue weighted by Crippen LogP contribution is 2.10. The second-order valence-electron chi connectivity index (χ2n) is 2.95. The molecule has 2 N–H and O–H groups in total. The number of benzene rings is 1. The van der Waals surface area contributed by atoms with Crippen LogP contribution in [-0.4, -0.2) is 23.4 Å². The summed E-state index contributed by atoms with van der Waals surface area (Å²) in [5, 5.41) is 11.5. The average molecular weight is 193 g/mol. The number of hydrogen-bond acceptors (Lipinski definition) is 3. The summed E-state index contributed by atoms with van der Waals surface area (Å²) >= 11 is 0. The van der Waals surface area contributed by atoms with Crippen LogP contribution in [0.4, 0.5) is 5.69 Å². The number of aromatic carboxylic acids is 1. The van der Waals surface area contributed by atoms with E-state index < -0.39 is 5.97 Å². The van der Waals surface area contributed by atoms with Gasteiger partial charge in [0.25, 0.3) is 0 Å². The molecule has 1 rings (SSSR count). The zero-order valence-electron chi connectivity index (χ0n) is 7.73. The van der Waals surface area contributed by atoms with Gasteiger partial charge < -0.3 is 15.2 Å². The molecule has 0 saturated carbocycles. The van der Waals surface area contributed by atoms with Crippen molar-refractivity contribution in [2.75, 3.05) is 5.32 Å². The Bertz CT molecular complexity index is 332. The second kappa shape index (κ2) is 4.41. The van der Waals surface area contributed by atoms with Crippen molar-refractivity contribution in [3.8, 4) is 0 Å². The summed E-state index contributed by atoms with van der Waals surface area (Å²) < 4.78 is 0. The van der Waals surface area contributed by atoms with Gasteiger partial charge in [0.15, 0.2) is 0 Å². The van der Waals surface area contributed by atoms with Gasteiger partial charge in [-0.1, -0.05) is 0 Å². The predicted octanol–water partition coefficient (Wildman–Crippen LogP) is 1.38. The maximum absolute atomic E-state index is 10.5. The van der Waals surface area contributed by atoms with E-state index in [9.17, 15) is 9.59 Å². The monoisotopic (exact) mass is 193 g/mol. The number of carboxylic acid groups (broad SMARTS) is 1. The topological polar surface area (TPSA) is 66.4 Å². The maximum Gasteiger partial charge on any atom is 0.335 e. The number of carboxylic acids is 1. The molecule has 0 saturated heterocycles. The van der Waals surface area contributed by atoms with Gasteiger partial charge in [0, 0.05) is 5.69 Å². The van der Waals surface area contributed by atoms with E-state index in [1.54, 1.807) is 19.1 Å². The molecule has 0 heterocycles. The molecule has 4 nitrogen and oxygen atoms in total. The van der Waals surface area contributed by atoms with Gasteiger partial charge in [0.1, 0.15) is 6.29 Å². The summed E-state index contributed by atoms with van der Waals surface area (Å²) in [4.78, 5) is 20.8. The van der Waals surface area contributed by atoms with E-state index >= 15 is 0 Å². The molecule has 0 spiro atoms. The molecule has 0 amide bonds. The van der Waals surface area contributed by atoms with E-state index in [4.69, 9.17) is 5.11 Å². The minimum absolute atomic E-state index is 0.231. The summed E-state index contributed by atoms with van der Waals surface area (Å²) in [5.74, 6) is -0.958. The largest absolute Gasteiger partial charge is 0.478 e. The van der Waals surface area contributed by atoms with Gasteiger partial charge in [0.2, 0.25) is 0 Å². The van der Waals surface area contributed by atoms with E-state index in [2.05, 4.69) is 5.32 Å². The van der Waals surface area contributed by atoms with Crippen LogP contribution < -0.4 is 5.32 Å². The zero-order valence-corrected chi connectivity index (χ0v) is 7.73. The van der Waals surface area contributed by atoms with Crippen molar-refractivity contribution in [2.45, 2.75) is 13.0 Å². The Morgan fingerprint density at radius 1 is 1.43 bits per heavy atom. The number of carbonyl (C=O) groups excluding carboxylic acids is 1. The van der Waals surface area contributed by atoms with Crippen LogP contribution in [0.2, 0.25) is 0 Å². The first kappa shape index (κ1) is 10.2. The van der Waals surface area contributed by atoms with E-state index in [-0.39, 0.29) is 11.6 Å². The molecule has 0 aliphatic heterocycles. The van der Waals surface area contributed by atoms with Crippen LogP contribution in [0.25, 0.3) is 0 Å². The fourth-order valence-electron chi connectivity index (χ4n) is 1.01. The number of rotatable bonds is 4. The lowest BCUT2D eigenvalue weighted by Gasteiger charge is -2.08. The Morgan fingerprint density at radius 3 is 2.43 bits per heavy atom. The quantitative estimate of drug-likeness (QED) is 0.709. The lowest BCUT2D eigenvalue weighted by Crippen LogP contribution is -2.16. The van der Waals surface area contributed by atoms with Gasteiger partial charge in [-0.05, 0) is 31.2 Å². The number of hydrogen-bond donors (Lipinski definition) is 2. The highest BCUT2D eigenvalue weighted by molar-refractivity contribution is 5.88. The van der Waals surface area contributed by atoms with Crippen molar-refractivity contribution in [3.63, 3.8) is 0 Å². The molecular formula is C10H11NO3. The lowest BCUT2D eigenvalue weighted by molar-refractivity contribution is -0.108. The van der Waals surface area contributed by atoms with Crippen LogP contribution in [0, 0.1) is 0 Å². The van der Waals surface area contributed by atoms with E-state index in [1.807, 2.05) is 0 Å². The number of aldehydes is 1. The molecule has 0 radical (unpaired) electrons. The summed E-state index contributed by atoms with van der Waals surface area (Å²) in [7, 11) is 0. The molecule has 1 atom stereocenters. The van der Waals surface area contributed by atoms with Crippen LogP contribution in [0.3, 0.4) is 0 Å². The fourth-order valence-corrected chi connectivity index (χ4v) is 1.01. The smallest absolute Gasteiger partial charge is 0.335 e. The Morgan fingerprint density at radius 2 is 2.00 bits per heavy atom. The number of carbonyl (C=O) groups is 2. The zero-order chi connectivity index (χ0) is 10.6. The Balaban J connectivity index is 2.73. The molecule has 0 aliphatic rings. The summed E-state index contributed by atoms with van der Waals surface area (Å²) in [6.45, 7) is 1.72. The van der Waals surface area contributed by atoms with E-state index in [0.717, 1.165) is 12.0 Å². The molecule has 0 aliphatic carbocycles. The Labute approximate surface area is 81.6 Å². The number of nitrogens with one attached hydrogen (secondary N) is 1. The van der Waals surface area contributed by atoms with Crippen LogP contribution >= 0.6 is 0 Å². The molecule has 4 heteroatoms. The van der Waals surface area contributed by atoms with Crippen molar-refractivity contribution in [1.29, 1.82) is 0 Å². The van der Waals surface area contributed by atoms with Gasteiger partial charge in [-0.15, -0.1) is 0 Å². The van der Waals surface area contributed by atoms with Gasteiger partial charge in [-0.2, -0.15) is 0 Å². The average Bonchev–Trinajstić information content (AvgIpc) is 2.18. The number of anilines is 1. The lowest BCUT2D eigenvalue weighted by atomic mass is 10.2. The Hall–Kier alpha value is -1.84. The van der Waals surface area contributed by atoms with E-state index in [0.29, 0.717) is 0 Å². The molecule has 0 aromatic heterocycles. The van der Waals surface area contributed by atoms with Gasteiger partial charge in [0.05, 0.1) is 11.6 Å². The van der Waals surface area contributed by atoms with Crippen molar-refractivity contribution in [1.82, 2.24) is 0 Å². The molecule has 74 valence electrons.